The molecule has 0 aromatic heterocycles. The minimum atomic E-state index is -0.924. The van der Waals surface area contributed by atoms with Gasteiger partial charge in [-0.25, -0.2) is 14.5 Å². The molecule has 0 aromatic rings. The van der Waals surface area contributed by atoms with Crippen LogP contribution in [0, 0.1) is 0 Å². The number of carbonyl (C=O) groups is 4. The number of esters is 1. The van der Waals surface area contributed by atoms with Crippen LogP contribution in [-0.4, -0.2) is 42.0 Å². The third-order valence-electron chi connectivity index (χ3n) is 2.90. The lowest BCUT2D eigenvalue weighted by Crippen LogP contribution is -2.31. The molecule has 22 heavy (non-hydrogen) atoms. The monoisotopic (exact) mass is 306 g/mol. The van der Waals surface area contributed by atoms with E-state index in [1.807, 2.05) is 0 Å². The van der Waals surface area contributed by atoms with Crippen molar-refractivity contribution in [2.75, 3.05) is 13.2 Å². The molecule has 0 spiro atoms. The van der Waals surface area contributed by atoms with E-state index < -0.39 is 23.9 Å². The molecule has 0 saturated heterocycles. The Morgan fingerprint density at radius 1 is 1.18 bits per heavy atom. The molecule has 0 aliphatic carbocycles. The summed E-state index contributed by atoms with van der Waals surface area (Å²) >= 11 is 0. The van der Waals surface area contributed by atoms with Gasteiger partial charge < -0.3 is 14.8 Å². The van der Waals surface area contributed by atoms with Crippen molar-refractivity contribution in [2.24, 2.45) is 0 Å². The summed E-state index contributed by atoms with van der Waals surface area (Å²) in [6.07, 6.45) is 2.80. The quantitative estimate of drug-likeness (QED) is 0.597. The molecule has 0 radical (unpaired) electrons. The fourth-order valence-electron chi connectivity index (χ4n) is 1.99. The van der Waals surface area contributed by atoms with Crippen LogP contribution in [0.2, 0.25) is 0 Å². The van der Waals surface area contributed by atoms with Crippen molar-refractivity contribution in [2.45, 2.75) is 13.8 Å². The summed E-state index contributed by atoms with van der Waals surface area (Å²) in [6.45, 7) is 3.35. The lowest BCUT2D eigenvalue weighted by atomic mass is 10.0. The molecule has 2 aliphatic heterocycles. The highest BCUT2D eigenvalue weighted by Crippen LogP contribution is 2.29. The first-order chi connectivity index (χ1) is 10.5. The SMILES string of the molecule is CCOC(=O)C1=CN(C(=O)OCC)C(=O)C1=C1C=CNC1=O. The molecule has 2 rings (SSSR count). The summed E-state index contributed by atoms with van der Waals surface area (Å²) in [5.74, 6) is -2.14. The summed E-state index contributed by atoms with van der Waals surface area (Å²) < 4.78 is 9.61. The Kier molecular flexibility index (Phi) is 4.40. The Labute approximate surface area is 126 Å². The minimum Gasteiger partial charge on any atom is -0.462 e. The summed E-state index contributed by atoms with van der Waals surface area (Å²) in [6, 6.07) is 0. The van der Waals surface area contributed by atoms with Gasteiger partial charge in [-0.3, -0.25) is 9.59 Å². The Balaban J connectivity index is 2.48. The van der Waals surface area contributed by atoms with Crippen molar-refractivity contribution in [3.63, 3.8) is 0 Å². The molecule has 2 heterocycles. The third-order valence-corrected chi connectivity index (χ3v) is 2.90. The van der Waals surface area contributed by atoms with Gasteiger partial charge in [0.25, 0.3) is 11.8 Å². The largest absolute Gasteiger partial charge is 0.462 e. The second kappa shape index (κ2) is 6.25. The van der Waals surface area contributed by atoms with Gasteiger partial charge in [0.15, 0.2) is 0 Å². The average Bonchev–Trinajstić information content (AvgIpc) is 3.03. The number of carbonyl (C=O) groups excluding carboxylic acids is 4. The molecule has 2 aliphatic rings. The first-order valence-corrected chi connectivity index (χ1v) is 6.62. The van der Waals surface area contributed by atoms with Crippen LogP contribution in [-0.2, 0) is 23.9 Å². The van der Waals surface area contributed by atoms with Gasteiger partial charge in [0, 0.05) is 12.4 Å². The number of hydrogen-bond donors (Lipinski definition) is 1. The zero-order valence-corrected chi connectivity index (χ0v) is 12.0. The van der Waals surface area contributed by atoms with E-state index in [2.05, 4.69) is 5.32 Å². The van der Waals surface area contributed by atoms with E-state index in [4.69, 9.17) is 9.47 Å². The zero-order chi connectivity index (χ0) is 16.3. The van der Waals surface area contributed by atoms with Crippen LogP contribution >= 0.6 is 0 Å². The highest BCUT2D eigenvalue weighted by atomic mass is 16.6. The second-order valence-electron chi connectivity index (χ2n) is 4.23. The number of amides is 3. The van der Waals surface area contributed by atoms with Gasteiger partial charge in [0.1, 0.15) is 0 Å². The molecule has 0 saturated carbocycles. The molecule has 0 fully saturated rings. The third kappa shape index (κ3) is 2.62. The maximum absolute atomic E-state index is 12.4. The van der Waals surface area contributed by atoms with Gasteiger partial charge in [-0.1, -0.05) is 0 Å². The van der Waals surface area contributed by atoms with Gasteiger partial charge in [-0.05, 0) is 19.9 Å². The van der Waals surface area contributed by atoms with Crippen LogP contribution in [0.15, 0.2) is 35.2 Å². The normalized spacial score (nSPS) is 20.1. The highest BCUT2D eigenvalue weighted by Gasteiger charge is 2.40. The maximum Gasteiger partial charge on any atom is 0.421 e. The fraction of sp³-hybridized carbons (Fsp3) is 0.286. The van der Waals surface area contributed by atoms with Crippen LogP contribution in [0.1, 0.15) is 13.8 Å². The van der Waals surface area contributed by atoms with Crippen LogP contribution in [0.3, 0.4) is 0 Å². The highest BCUT2D eigenvalue weighted by molar-refractivity contribution is 6.21. The summed E-state index contributed by atoms with van der Waals surface area (Å²) in [7, 11) is 0. The second-order valence-corrected chi connectivity index (χ2v) is 4.23. The van der Waals surface area contributed by atoms with Crippen molar-refractivity contribution in [1.29, 1.82) is 0 Å². The number of hydrogen-bond acceptors (Lipinski definition) is 6. The molecular formula is C14H14N2O6. The number of ether oxygens (including phenoxy) is 2. The number of nitrogens with one attached hydrogen (secondary N) is 1. The number of rotatable bonds is 3. The first-order valence-electron chi connectivity index (χ1n) is 6.62. The van der Waals surface area contributed by atoms with Gasteiger partial charge >= 0.3 is 12.1 Å². The maximum atomic E-state index is 12.4. The van der Waals surface area contributed by atoms with Crippen LogP contribution in [0.25, 0.3) is 0 Å². The molecule has 1 N–H and O–H groups in total. The lowest BCUT2D eigenvalue weighted by molar-refractivity contribution is -0.138. The molecule has 0 unspecified atom stereocenters. The van der Waals surface area contributed by atoms with Crippen LogP contribution in [0.5, 0.6) is 0 Å². The lowest BCUT2D eigenvalue weighted by Gasteiger charge is -2.11. The standard InChI is InChI=1S/C14H14N2O6/c1-3-21-13(19)9-7-16(14(20)22-4-2)12(18)10(9)8-5-6-15-11(8)17/h5-7H,3-4H2,1-2H3,(H,15,17). The first kappa shape index (κ1) is 15.5. The number of nitrogens with zero attached hydrogens (tertiary/aromatic N) is 1. The molecule has 0 aromatic carbocycles. The van der Waals surface area contributed by atoms with Crippen LogP contribution < -0.4 is 5.32 Å². The Hall–Kier alpha value is -2.90. The van der Waals surface area contributed by atoms with E-state index in [-0.39, 0.29) is 29.9 Å². The van der Waals surface area contributed by atoms with E-state index in [1.165, 1.54) is 12.3 Å². The van der Waals surface area contributed by atoms with E-state index in [9.17, 15) is 19.2 Å². The average molecular weight is 306 g/mol. The molecule has 8 heteroatoms. The summed E-state index contributed by atoms with van der Waals surface area (Å²) in [5, 5.41) is 2.38. The van der Waals surface area contributed by atoms with Crippen molar-refractivity contribution in [3.05, 3.63) is 35.2 Å². The van der Waals surface area contributed by atoms with Crippen molar-refractivity contribution in [3.8, 4) is 0 Å². The molecular weight excluding hydrogens is 292 g/mol. The number of imide groups is 1. The van der Waals surface area contributed by atoms with Gasteiger partial charge in [-0.15, -0.1) is 0 Å². The molecule has 0 bridgehead atoms. The smallest absolute Gasteiger partial charge is 0.421 e. The van der Waals surface area contributed by atoms with Crippen molar-refractivity contribution >= 4 is 23.9 Å². The zero-order valence-electron chi connectivity index (χ0n) is 12.0. The predicted octanol–water partition coefficient (Wildman–Crippen LogP) is 0.372. The van der Waals surface area contributed by atoms with Gasteiger partial charge in [0.2, 0.25) is 0 Å². The molecule has 116 valence electrons. The van der Waals surface area contributed by atoms with E-state index in [0.717, 1.165) is 6.20 Å². The predicted molar refractivity (Wildman–Crippen MR) is 72.9 cm³/mol. The fourth-order valence-corrected chi connectivity index (χ4v) is 1.99. The molecule has 3 amide bonds. The van der Waals surface area contributed by atoms with E-state index in [1.54, 1.807) is 13.8 Å². The van der Waals surface area contributed by atoms with Crippen molar-refractivity contribution < 1.29 is 28.7 Å². The Morgan fingerprint density at radius 2 is 1.86 bits per heavy atom. The Bertz CT molecular complexity index is 644. The minimum absolute atomic E-state index is 0.00361. The van der Waals surface area contributed by atoms with E-state index in [0.29, 0.717) is 4.90 Å². The van der Waals surface area contributed by atoms with Gasteiger partial charge in [-0.2, -0.15) is 0 Å². The van der Waals surface area contributed by atoms with Crippen molar-refractivity contribution in [1.82, 2.24) is 10.2 Å². The summed E-state index contributed by atoms with van der Waals surface area (Å²) in [4.78, 5) is 48.5. The molecule has 0 atom stereocenters. The van der Waals surface area contributed by atoms with Crippen LogP contribution in [0.4, 0.5) is 4.79 Å². The molecule has 8 nitrogen and oxygen atoms in total. The summed E-state index contributed by atoms with van der Waals surface area (Å²) in [5.41, 5.74) is -0.342. The Morgan fingerprint density at radius 3 is 2.41 bits per heavy atom. The topological polar surface area (TPSA) is 102 Å². The van der Waals surface area contributed by atoms with Gasteiger partial charge in [0.05, 0.1) is 29.9 Å². The van der Waals surface area contributed by atoms with E-state index >= 15 is 0 Å².